The van der Waals surface area contributed by atoms with Gasteiger partial charge >= 0.3 is 0 Å². The molecule has 1 atom stereocenters. The molecule has 0 spiro atoms. The maximum Gasteiger partial charge on any atom is 0.161 e. The van der Waals surface area contributed by atoms with Gasteiger partial charge in [0.15, 0.2) is 11.5 Å². The smallest absolute Gasteiger partial charge is 0.161 e. The summed E-state index contributed by atoms with van der Waals surface area (Å²) in [6, 6.07) is 13.5. The summed E-state index contributed by atoms with van der Waals surface area (Å²) in [7, 11) is 3.38. The van der Waals surface area contributed by atoms with E-state index in [1.807, 2.05) is 42.7 Å². The maximum atomic E-state index is 6.11. The number of hydrogen-bond donors (Lipinski definition) is 0. The van der Waals surface area contributed by atoms with Crippen LogP contribution in [-0.2, 0) is 29.0 Å². The Hall–Kier alpha value is -2.78. The minimum absolute atomic E-state index is 0.356. The molecule has 2 heterocycles. The molecule has 206 valence electrons. The Balaban J connectivity index is 1.34. The van der Waals surface area contributed by atoms with Crippen LogP contribution in [0.2, 0.25) is 5.02 Å². The molecule has 0 aliphatic carbocycles. The van der Waals surface area contributed by atoms with Gasteiger partial charge in [0.1, 0.15) is 23.8 Å². The third-order valence-electron chi connectivity index (χ3n) is 6.71. The van der Waals surface area contributed by atoms with Crippen molar-refractivity contribution < 1.29 is 23.7 Å². The molecule has 0 saturated carbocycles. The summed E-state index contributed by atoms with van der Waals surface area (Å²) in [5.74, 6) is 3.28. The van der Waals surface area contributed by atoms with Crippen molar-refractivity contribution in [2.75, 3.05) is 53.7 Å². The maximum absolute atomic E-state index is 6.11. The van der Waals surface area contributed by atoms with Crippen molar-refractivity contribution in [2.24, 2.45) is 0 Å². The molecular formula is C29H38ClN3O5. The van der Waals surface area contributed by atoms with Crippen LogP contribution in [0.1, 0.15) is 24.7 Å². The third kappa shape index (κ3) is 7.63. The number of nitrogens with zero attached hydrogens (tertiary/aromatic N) is 3. The molecular weight excluding hydrogens is 506 g/mol. The average Bonchev–Trinajstić information content (AvgIpc) is 3.30. The standard InChI is InChI=1S/C29H38ClN3O5/c1-4-28-31-11-13-33(28)12-6-15-37-26-10-9-23(17-27(26)34-2)19-32-14-16-36-21-29(20-32,35-3)22-38-25-8-5-7-24(30)18-25/h5,7-11,13,17-18H,4,6,12,14-16,19-22H2,1-3H3/t29-/m0/s1. The second-order valence-corrected chi connectivity index (χ2v) is 9.91. The Labute approximate surface area is 230 Å². The first kappa shape index (κ1) is 28.2. The van der Waals surface area contributed by atoms with E-state index in [-0.39, 0.29) is 0 Å². The Morgan fingerprint density at radius 1 is 1.11 bits per heavy atom. The molecule has 4 rings (SSSR count). The lowest BCUT2D eigenvalue weighted by Crippen LogP contribution is -2.50. The molecule has 1 aromatic heterocycles. The first-order valence-corrected chi connectivity index (χ1v) is 13.5. The lowest BCUT2D eigenvalue weighted by molar-refractivity contribution is -0.0925. The zero-order valence-corrected chi connectivity index (χ0v) is 23.3. The van der Waals surface area contributed by atoms with E-state index in [2.05, 4.69) is 27.4 Å². The molecule has 8 nitrogen and oxygen atoms in total. The summed E-state index contributed by atoms with van der Waals surface area (Å²) in [4.78, 5) is 6.70. The number of methoxy groups -OCH3 is 2. The quantitative estimate of drug-likeness (QED) is 0.285. The molecule has 0 unspecified atom stereocenters. The van der Waals surface area contributed by atoms with Gasteiger partial charge in [0.05, 0.1) is 26.9 Å². The van der Waals surface area contributed by atoms with Crippen LogP contribution < -0.4 is 14.2 Å². The summed E-state index contributed by atoms with van der Waals surface area (Å²) in [6.45, 7) is 7.21. The molecule has 0 radical (unpaired) electrons. The number of rotatable bonds is 13. The minimum Gasteiger partial charge on any atom is -0.493 e. The van der Waals surface area contributed by atoms with Crippen molar-refractivity contribution in [2.45, 2.75) is 38.5 Å². The fraction of sp³-hybridized carbons (Fsp3) is 0.483. The van der Waals surface area contributed by atoms with E-state index in [4.69, 9.17) is 35.3 Å². The Bertz CT molecular complexity index is 1160. The zero-order chi connectivity index (χ0) is 26.8. The van der Waals surface area contributed by atoms with Crippen molar-refractivity contribution >= 4 is 11.6 Å². The van der Waals surface area contributed by atoms with Gasteiger partial charge in [-0.25, -0.2) is 4.98 Å². The second-order valence-electron chi connectivity index (χ2n) is 9.47. The highest BCUT2D eigenvalue weighted by Gasteiger charge is 2.36. The topological polar surface area (TPSA) is 67.2 Å². The van der Waals surface area contributed by atoms with Gasteiger partial charge in [0.25, 0.3) is 0 Å². The van der Waals surface area contributed by atoms with Crippen LogP contribution in [0.25, 0.3) is 0 Å². The molecule has 0 bridgehead atoms. The lowest BCUT2D eigenvalue weighted by Gasteiger charge is -2.34. The monoisotopic (exact) mass is 543 g/mol. The number of halogens is 1. The van der Waals surface area contributed by atoms with Gasteiger partial charge in [-0.1, -0.05) is 30.7 Å². The van der Waals surface area contributed by atoms with Crippen LogP contribution in [0.3, 0.4) is 0 Å². The first-order valence-electron chi connectivity index (χ1n) is 13.1. The van der Waals surface area contributed by atoms with Crippen LogP contribution in [0.5, 0.6) is 17.2 Å². The molecule has 1 aliphatic rings. The predicted octanol–water partition coefficient (Wildman–Crippen LogP) is 4.87. The number of imidazole rings is 1. The van der Waals surface area contributed by atoms with E-state index < -0.39 is 5.60 Å². The first-order chi connectivity index (χ1) is 18.5. The van der Waals surface area contributed by atoms with Crippen LogP contribution in [-0.4, -0.2) is 73.8 Å². The highest BCUT2D eigenvalue weighted by molar-refractivity contribution is 6.30. The number of hydrogen-bond acceptors (Lipinski definition) is 7. The normalized spacial score (nSPS) is 18.2. The highest BCUT2D eigenvalue weighted by atomic mass is 35.5. The Morgan fingerprint density at radius 2 is 2.00 bits per heavy atom. The van der Waals surface area contributed by atoms with Crippen molar-refractivity contribution in [3.8, 4) is 17.2 Å². The van der Waals surface area contributed by atoms with Crippen molar-refractivity contribution in [3.05, 3.63) is 71.3 Å². The Morgan fingerprint density at radius 3 is 2.79 bits per heavy atom. The largest absolute Gasteiger partial charge is 0.493 e. The van der Waals surface area contributed by atoms with Crippen molar-refractivity contribution in [1.29, 1.82) is 0 Å². The predicted molar refractivity (Wildman–Crippen MR) is 147 cm³/mol. The van der Waals surface area contributed by atoms with Crippen LogP contribution in [0, 0.1) is 0 Å². The molecule has 1 fully saturated rings. The molecule has 9 heteroatoms. The number of benzene rings is 2. The van der Waals surface area contributed by atoms with E-state index in [1.54, 1.807) is 20.3 Å². The highest BCUT2D eigenvalue weighted by Crippen LogP contribution is 2.30. The molecule has 3 aromatic rings. The van der Waals surface area contributed by atoms with Crippen LogP contribution in [0.4, 0.5) is 0 Å². The second kappa shape index (κ2) is 13.8. The van der Waals surface area contributed by atoms with E-state index in [9.17, 15) is 0 Å². The summed E-state index contributed by atoms with van der Waals surface area (Å²) in [5, 5.41) is 0.637. The van der Waals surface area contributed by atoms with Gasteiger partial charge < -0.3 is 28.3 Å². The van der Waals surface area contributed by atoms with Crippen molar-refractivity contribution in [1.82, 2.24) is 14.5 Å². The molecule has 0 amide bonds. The summed E-state index contributed by atoms with van der Waals surface area (Å²) < 4.78 is 31.8. The van der Waals surface area contributed by atoms with Gasteiger partial charge in [-0.3, -0.25) is 4.90 Å². The minimum atomic E-state index is -0.598. The fourth-order valence-corrected chi connectivity index (χ4v) is 4.80. The zero-order valence-electron chi connectivity index (χ0n) is 22.5. The number of aromatic nitrogens is 2. The van der Waals surface area contributed by atoms with Gasteiger partial charge in [0.2, 0.25) is 0 Å². The van der Waals surface area contributed by atoms with E-state index >= 15 is 0 Å². The summed E-state index contributed by atoms with van der Waals surface area (Å²) >= 11 is 6.11. The van der Waals surface area contributed by atoms with E-state index in [0.717, 1.165) is 55.4 Å². The molecule has 2 aromatic carbocycles. The van der Waals surface area contributed by atoms with E-state index in [0.29, 0.717) is 43.7 Å². The summed E-state index contributed by atoms with van der Waals surface area (Å²) in [5.41, 5.74) is 0.529. The Kier molecular flexibility index (Phi) is 10.3. The SMILES string of the molecule is CCc1nccn1CCCOc1ccc(CN2CCOC[C@@](COc3cccc(Cl)c3)(OC)C2)cc1OC. The van der Waals surface area contributed by atoms with Gasteiger partial charge in [0, 0.05) is 57.1 Å². The molecule has 0 N–H and O–H groups in total. The summed E-state index contributed by atoms with van der Waals surface area (Å²) in [6.07, 6.45) is 5.68. The average molecular weight is 544 g/mol. The van der Waals surface area contributed by atoms with E-state index in [1.165, 1.54) is 0 Å². The molecule has 38 heavy (non-hydrogen) atoms. The molecule has 1 saturated heterocycles. The number of ether oxygens (including phenoxy) is 5. The van der Waals surface area contributed by atoms with Gasteiger partial charge in [-0.2, -0.15) is 0 Å². The lowest BCUT2D eigenvalue weighted by atomic mass is 10.1. The van der Waals surface area contributed by atoms with Gasteiger partial charge in [-0.15, -0.1) is 0 Å². The van der Waals surface area contributed by atoms with Crippen LogP contribution >= 0.6 is 11.6 Å². The number of aryl methyl sites for hydroxylation is 2. The third-order valence-corrected chi connectivity index (χ3v) is 6.95. The van der Waals surface area contributed by atoms with Crippen molar-refractivity contribution in [3.63, 3.8) is 0 Å². The van der Waals surface area contributed by atoms with Gasteiger partial charge in [-0.05, 0) is 42.3 Å². The van der Waals surface area contributed by atoms with Crippen LogP contribution in [0.15, 0.2) is 54.9 Å². The molecule has 1 aliphatic heterocycles. The fourth-order valence-electron chi connectivity index (χ4n) is 4.62.